The fourth-order valence-electron chi connectivity index (χ4n) is 3.69. The molecule has 7 heteroatoms. The molecule has 162 valence electrons. The lowest BCUT2D eigenvalue weighted by molar-refractivity contribution is 0.0937. The lowest BCUT2D eigenvalue weighted by Gasteiger charge is -2.20. The standard InChI is InChI=1S/C23H30N2O4S/c1-4-29-22-14-11-18(23(26)24-20-7-5-6-8-20)15-19(22)16-25(3)30(27,28)21-12-9-17(2)10-13-21/h9-15,20H,4-8,16H2,1-3H3,(H,24,26). The molecule has 0 radical (unpaired) electrons. The van der Waals surface area contributed by atoms with Gasteiger partial charge >= 0.3 is 0 Å². The van der Waals surface area contributed by atoms with E-state index >= 15 is 0 Å². The molecule has 0 spiro atoms. The quantitative estimate of drug-likeness (QED) is 0.689. The van der Waals surface area contributed by atoms with Crippen LogP contribution in [0.25, 0.3) is 0 Å². The second-order valence-electron chi connectivity index (χ2n) is 7.78. The number of hydrogen-bond acceptors (Lipinski definition) is 4. The topological polar surface area (TPSA) is 75.7 Å². The van der Waals surface area contributed by atoms with Crippen molar-refractivity contribution in [1.29, 1.82) is 0 Å². The van der Waals surface area contributed by atoms with Crippen LogP contribution < -0.4 is 10.1 Å². The second-order valence-corrected chi connectivity index (χ2v) is 9.83. The smallest absolute Gasteiger partial charge is 0.251 e. The van der Waals surface area contributed by atoms with E-state index in [-0.39, 0.29) is 23.4 Å². The van der Waals surface area contributed by atoms with E-state index in [9.17, 15) is 13.2 Å². The van der Waals surface area contributed by atoms with E-state index in [0.717, 1.165) is 31.2 Å². The van der Waals surface area contributed by atoms with Gasteiger partial charge in [-0.3, -0.25) is 4.79 Å². The molecule has 3 rings (SSSR count). The van der Waals surface area contributed by atoms with E-state index in [1.54, 1.807) is 42.5 Å². The Kier molecular flexibility index (Phi) is 7.15. The second kappa shape index (κ2) is 9.62. The molecule has 0 atom stereocenters. The summed E-state index contributed by atoms with van der Waals surface area (Å²) in [4.78, 5) is 12.9. The molecular weight excluding hydrogens is 400 g/mol. The zero-order valence-electron chi connectivity index (χ0n) is 17.8. The maximum absolute atomic E-state index is 13.0. The number of amides is 1. The Labute approximate surface area is 179 Å². The van der Waals surface area contributed by atoms with Gasteiger partial charge in [0.25, 0.3) is 5.91 Å². The van der Waals surface area contributed by atoms with Crippen molar-refractivity contribution in [2.45, 2.75) is 57.0 Å². The first-order chi connectivity index (χ1) is 14.3. The van der Waals surface area contributed by atoms with Crippen LogP contribution >= 0.6 is 0 Å². The minimum absolute atomic E-state index is 0.107. The molecule has 2 aromatic carbocycles. The van der Waals surface area contributed by atoms with Gasteiger partial charge in [0.05, 0.1) is 11.5 Å². The molecule has 1 aliphatic rings. The zero-order chi connectivity index (χ0) is 21.7. The fraction of sp³-hybridized carbons (Fsp3) is 0.435. The molecule has 1 fully saturated rings. The highest BCUT2D eigenvalue weighted by molar-refractivity contribution is 7.89. The first kappa shape index (κ1) is 22.3. The Morgan fingerprint density at radius 1 is 1.13 bits per heavy atom. The minimum atomic E-state index is -3.66. The molecule has 30 heavy (non-hydrogen) atoms. The van der Waals surface area contributed by atoms with Crippen LogP contribution in [0.4, 0.5) is 0 Å². The molecule has 0 aromatic heterocycles. The number of benzene rings is 2. The molecule has 0 bridgehead atoms. The third-order valence-corrected chi connectivity index (χ3v) is 7.25. The molecule has 0 heterocycles. The molecule has 1 aliphatic carbocycles. The lowest BCUT2D eigenvalue weighted by atomic mass is 10.1. The Morgan fingerprint density at radius 2 is 1.80 bits per heavy atom. The van der Waals surface area contributed by atoms with Crippen LogP contribution in [0.1, 0.15) is 54.1 Å². The van der Waals surface area contributed by atoms with Gasteiger partial charge in [-0.05, 0) is 57.0 Å². The minimum Gasteiger partial charge on any atom is -0.494 e. The van der Waals surface area contributed by atoms with Crippen molar-refractivity contribution in [3.63, 3.8) is 0 Å². The van der Waals surface area contributed by atoms with Crippen LogP contribution in [0.15, 0.2) is 47.4 Å². The summed E-state index contributed by atoms with van der Waals surface area (Å²) in [6.07, 6.45) is 4.29. The van der Waals surface area contributed by atoms with Crippen molar-refractivity contribution in [3.8, 4) is 5.75 Å². The van der Waals surface area contributed by atoms with E-state index in [0.29, 0.717) is 23.5 Å². The summed E-state index contributed by atoms with van der Waals surface area (Å²) in [5.74, 6) is 0.455. The molecule has 1 amide bonds. The Balaban J connectivity index is 1.83. The third-order valence-electron chi connectivity index (χ3n) is 5.44. The van der Waals surface area contributed by atoms with Crippen LogP contribution in [-0.4, -0.2) is 38.3 Å². The van der Waals surface area contributed by atoms with Gasteiger partial charge in [-0.15, -0.1) is 0 Å². The monoisotopic (exact) mass is 430 g/mol. The van der Waals surface area contributed by atoms with Gasteiger partial charge in [0.1, 0.15) is 5.75 Å². The van der Waals surface area contributed by atoms with Crippen molar-refractivity contribution in [1.82, 2.24) is 9.62 Å². The highest BCUT2D eigenvalue weighted by atomic mass is 32.2. The normalized spacial score (nSPS) is 14.8. The maximum Gasteiger partial charge on any atom is 0.251 e. The number of nitrogens with one attached hydrogen (secondary N) is 1. The summed E-state index contributed by atoms with van der Waals surface area (Å²) in [5, 5.41) is 3.08. The van der Waals surface area contributed by atoms with Gasteiger partial charge in [-0.2, -0.15) is 4.31 Å². The number of nitrogens with zero attached hydrogens (tertiary/aromatic N) is 1. The van der Waals surface area contributed by atoms with E-state index in [4.69, 9.17) is 4.74 Å². The van der Waals surface area contributed by atoms with E-state index in [2.05, 4.69) is 5.32 Å². The third kappa shape index (κ3) is 5.21. The average Bonchev–Trinajstić information content (AvgIpc) is 3.22. The summed E-state index contributed by atoms with van der Waals surface area (Å²) < 4.78 is 32.9. The van der Waals surface area contributed by atoms with Gasteiger partial charge in [0, 0.05) is 30.8 Å². The van der Waals surface area contributed by atoms with Crippen molar-refractivity contribution in [2.24, 2.45) is 0 Å². The fourth-order valence-corrected chi connectivity index (χ4v) is 4.84. The van der Waals surface area contributed by atoms with Crippen LogP contribution in [0.2, 0.25) is 0 Å². The molecular formula is C23H30N2O4S. The summed E-state index contributed by atoms with van der Waals surface area (Å²) in [5.41, 5.74) is 2.17. The van der Waals surface area contributed by atoms with Crippen LogP contribution in [0, 0.1) is 6.92 Å². The van der Waals surface area contributed by atoms with E-state index in [1.165, 1.54) is 11.4 Å². The summed E-state index contributed by atoms with van der Waals surface area (Å²) in [6, 6.07) is 12.2. The number of ether oxygens (including phenoxy) is 1. The van der Waals surface area contributed by atoms with Gasteiger partial charge in [-0.1, -0.05) is 30.5 Å². The van der Waals surface area contributed by atoms with Crippen LogP contribution in [-0.2, 0) is 16.6 Å². The molecule has 0 unspecified atom stereocenters. The zero-order valence-corrected chi connectivity index (χ0v) is 18.7. The van der Waals surface area contributed by atoms with E-state index in [1.807, 2.05) is 13.8 Å². The first-order valence-corrected chi connectivity index (χ1v) is 11.8. The predicted octanol–water partition coefficient (Wildman–Crippen LogP) is 3.89. The molecule has 0 aliphatic heterocycles. The number of rotatable bonds is 8. The largest absolute Gasteiger partial charge is 0.494 e. The van der Waals surface area contributed by atoms with E-state index < -0.39 is 10.0 Å². The molecule has 1 saturated carbocycles. The van der Waals surface area contributed by atoms with Crippen LogP contribution in [0.5, 0.6) is 5.75 Å². The molecule has 2 aromatic rings. The van der Waals surface area contributed by atoms with Gasteiger partial charge < -0.3 is 10.1 Å². The average molecular weight is 431 g/mol. The van der Waals surface area contributed by atoms with Gasteiger partial charge in [0.15, 0.2) is 0 Å². The Morgan fingerprint density at radius 3 is 2.43 bits per heavy atom. The highest BCUT2D eigenvalue weighted by Crippen LogP contribution is 2.25. The van der Waals surface area contributed by atoms with Gasteiger partial charge in [0.2, 0.25) is 10.0 Å². The SMILES string of the molecule is CCOc1ccc(C(=O)NC2CCCC2)cc1CN(C)S(=O)(=O)c1ccc(C)cc1. The molecule has 0 saturated heterocycles. The summed E-state index contributed by atoms with van der Waals surface area (Å²) in [6.45, 7) is 4.35. The first-order valence-electron chi connectivity index (χ1n) is 10.4. The summed E-state index contributed by atoms with van der Waals surface area (Å²) in [7, 11) is -2.12. The van der Waals surface area contributed by atoms with Crippen molar-refractivity contribution in [3.05, 3.63) is 59.2 Å². The van der Waals surface area contributed by atoms with Crippen LogP contribution in [0.3, 0.4) is 0 Å². The Hall–Kier alpha value is -2.38. The highest BCUT2D eigenvalue weighted by Gasteiger charge is 2.23. The van der Waals surface area contributed by atoms with Crippen molar-refractivity contribution >= 4 is 15.9 Å². The summed E-state index contributed by atoms with van der Waals surface area (Å²) >= 11 is 0. The number of hydrogen-bond donors (Lipinski definition) is 1. The molecule has 6 nitrogen and oxygen atoms in total. The number of sulfonamides is 1. The number of aryl methyl sites for hydroxylation is 1. The predicted molar refractivity (Wildman–Crippen MR) is 117 cm³/mol. The van der Waals surface area contributed by atoms with Crippen molar-refractivity contribution < 1.29 is 17.9 Å². The number of carbonyl (C=O) groups excluding carboxylic acids is 1. The molecule has 1 N–H and O–H groups in total. The maximum atomic E-state index is 13.0. The van der Waals surface area contributed by atoms with Crippen molar-refractivity contribution in [2.75, 3.05) is 13.7 Å². The number of carbonyl (C=O) groups is 1. The lowest BCUT2D eigenvalue weighted by Crippen LogP contribution is -2.32. The Bertz CT molecular complexity index is 981. The van der Waals surface area contributed by atoms with Gasteiger partial charge in [-0.25, -0.2) is 8.42 Å².